The number of β-lactam (4-membered cyclic amide) rings is 1. The van der Waals surface area contributed by atoms with Gasteiger partial charge >= 0.3 is 29.6 Å². The summed E-state index contributed by atoms with van der Waals surface area (Å²) in [6, 6.07) is 4.96. The molecule has 0 saturated carbocycles. The molecule has 0 unspecified atom stereocenters. The van der Waals surface area contributed by atoms with Gasteiger partial charge < -0.3 is 19.7 Å². The number of nitrogens with zero attached hydrogens (tertiary/aromatic N) is 4. The number of carbonyl (C=O) groups is 3. The van der Waals surface area contributed by atoms with E-state index >= 15 is 0 Å². The summed E-state index contributed by atoms with van der Waals surface area (Å²) in [6.07, 6.45) is 5.14. The third kappa shape index (κ3) is 4.97. The molecule has 12 heteroatoms. The second-order valence-electron chi connectivity index (χ2n) is 7.81. The number of hydrogen-bond donors (Lipinski definition) is 0. The number of rotatable bonds is 4. The maximum absolute atomic E-state index is 12.9. The molecule has 2 fully saturated rings. The molecule has 0 N–H and O–H groups in total. The van der Waals surface area contributed by atoms with Crippen LogP contribution in [0.25, 0.3) is 6.08 Å². The van der Waals surface area contributed by atoms with E-state index in [2.05, 4.69) is 9.88 Å². The van der Waals surface area contributed by atoms with Gasteiger partial charge in [-0.05, 0) is 30.8 Å². The zero-order chi connectivity index (χ0) is 23.0. The molecule has 10 nitrogen and oxygen atoms in total. The number of fused-ring (bicyclic) bond motifs is 1. The molecule has 1 aromatic heterocycles. The maximum Gasteiger partial charge on any atom is 1.00 e. The number of piperazine rings is 1. The molecule has 0 spiro atoms. The van der Waals surface area contributed by atoms with Gasteiger partial charge in [0.05, 0.1) is 28.7 Å². The van der Waals surface area contributed by atoms with E-state index in [0.29, 0.717) is 36.8 Å². The molecule has 1 aromatic rings. The number of carboxylic acid groups (broad SMARTS) is 1. The van der Waals surface area contributed by atoms with Gasteiger partial charge in [0, 0.05) is 38.5 Å². The van der Waals surface area contributed by atoms with Gasteiger partial charge in [0.15, 0.2) is 15.2 Å². The minimum Gasteiger partial charge on any atom is -0.543 e. The number of sulfone groups is 1. The molecule has 0 aliphatic carbocycles. The number of hydrogen-bond acceptors (Lipinski definition) is 8. The Bertz CT molecular complexity index is 1170. The third-order valence-corrected chi connectivity index (χ3v) is 7.49. The van der Waals surface area contributed by atoms with Crippen molar-refractivity contribution in [2.75, 3.05) is 39.0 Å². The van der Waals surface area contributed by atoms with E-state index in [1.165, 1.54) is 12.3 Å². The van der Waals surface area contributed by atoms with E-state index < -0.39 is 38.5 Å². The van der Waals surface area contributed by atoms with Crippen LogP contribution >= 0.6 is 0 Å². The number of amides is 2. The van der Waals surface area contributed by atoms with Crippen LogP contribution in [-0.2, 0) is 24.2 Å². The fourth-order valence-corrected chi connectivity index (χ4v) is 5.83. The van der Waals surface area contributed by atoms with Crippen LogP contribution in [-0.4, -0.2) is 90.2 Å². The molecule has 0 aromatic carbocycles. The van der Waals surface area contributed by atoms with Crippen LogP contribution in [0.5, 0.6) is 0 Å². The summed E-state index contributed by atoms with van der Waals surface area (Å²) < 4.78 is 25.8. The maximum atomic E-state index is 12.9. The van der Waals surface area contributed by atoms with Crippen molar-refractivity contribution in [1.82, 2.24) is 19.7 Å². The summed E-state index contributed by atoms with van der Waals surface area (Å²) >= 11 is 0. The van der Waals surface area contributed by atoms with E-state index in [-0.39, 0.29) is 46.6 Å². The predicted octanol–water partition coefficient (Wildman–Crippen LogP) is -4.60. The first-order chi connectivity index (χ1) is 15.2. The first-order valence-corrected chi connectivity index (χ1v) is 11.7. The van der Waals surface area contributed by atoms with Crippen LogP contribution in [0, 0.1) is 0 Å². The summed E-state index contributed by atoms with van der Waals surface area (Å²) in [5.74, 6) is -3.41. The topological polar surface area (TPSA) is 131 Å². The predicted molar refractivity (Wildman–Crippen MR) is 112 cm³/mol. The third-order valence-electron chi connectivity index (χ3n) is 5.63. The second kappa shape index (κ2) is 9.90. The Kier molecular flexibility index (Phi) is 7.59. The molecule has 2 amide bonds. The molecule has 4 rings (SSSR count). The average molecular weight is 480 g/mol. The normalized spacial score (nSPS) is 23.8. The molecule has 3 aliphatic heterocycles. The molecule has 3 aliphatic rings. The smallest absolute Gasteiger partial charge is 0.543 e. The molecule has 2 saturated heterocycles. The van der Waals surface area contributed by atoms with Gasteiger partial charge in [-0.25, -0.2) is 8.42 Å². The van der Waals surface area contributed by atoms with Crippen molar-refractivity contribution in [1.29, 1.82) is 0 Å². The van der Waals surface area contributed by atoms with Gasteiger partial charge in [-0.3, -0.25) is 19.5 Å². The molecule has 0 bridgehead atoms. The molecule has 33 heavy (non-hydrogen) atoms. The van der Waals surface area contributed by atoms with Crippen LogP contribution in [0.15, 0.2) is 53.4 Å². The number of carboxylic acids is 1. The Balaban J connectivity index is 0.00000306. The standard InChI is InChI=1S/C21H22N4O6S.Na/c1-23-8-10-24(11-9-23)17(26)6-5-14-13-32(30,31)20-16(12-15-4-2-3-7-22-15)19(27)25(20)18(14)21(28)29;/h2-7,12,20H,8-11,13H2,1H3,(H,28,29);/q;+1/p-1/b6-5+,16-12+;/t20-;/m1./s1. The van der Waals surface area contributed by atoms with Crippen LogP contribution in [0.3, 0.4) is 0 Å². The minimum atomic E-state index is -3.94. The summed E-state index contributed by atoms with van der Waals surface area (Å²) in [5.41, 5.74) is -0.364. The SMILES string of the molecule is CN1CCN(C(=O)/C=C/C2=C(C(=O)[O-])N3C(=O)/C(=C\c4ccccn4)[C@H]3S(=O)(=O)C2)CC1.[Na+]. The van der Waals surface area contributed by atoms with E-state index in [0.717, 1.165) is 12.2 Å². The van der Waals surface area contributed by atoms with Crippen molar-refractivity contribution in [3.8, 4) is 0 Å². The van der Waals surface area contributed by atoms with Crippen molar-refractivity contribution in [3.05, 3.63) is 59.1 Å². The Labute approximate surface area is 213 Å². The Morgan fingerprint density at radius 3 is 2.48 bits per heavy atom. The fourth-order valence-electron chi connectivity index (χ4n) is 3.93. The summed E-state index contributed by atoms with van der Waals surface area (Å²) in [4.78, 5) is 45.4. The minimum absolute atomic E-state index is 0. The van der Waals surface area contributed by atoms with Crippen molar-refractivity contribution in [3.63, 3.8) is 0 Å². The monoisotopic (exact) mass is 480 g/mol. The fraction of sp³-hybridized carbons (Fsp3) is 0.333. The van der Waals surface area contributed by atoms with Crippen molar-refractivity contribution in [2.45, 2.75) is 5.37 Å². The molecular weight excluding hydrogens is 459 g/mol. The molecule has 4 heterocycles. The molecule has 0 radical (unpaired) electrons. The van der Waals surface area contributed by atoms with E-state index in [1.807, 2.05) is 7.05 Å². The zero-order valence-corrected chi connectivity index (χ0v) is 21.1. The van der Waals surface area contributed by atoms with Crippen molar-refractivity contribution in [2.24, 2.45) is 0 Å². The van der Waals surface area contributed by atoms with Crippen molar-refractivity contribution < 1.29 is 57.5 Å². The number of carbonyl (C=O) groups excluding carboxylic acids is 3. The number of aliphatic carboxylic acids is 1. The van der Waals surface area contributed by atoms with Gasteiger partial charge in [-0.2, -0.15) is 0 Å². The first kappa shape index (κ1) is 25.3. The number of pyridine rings is 1. The van der Waals surface area contributed by atoms with Crippen LogP contribution in [0.2, 0.25) is 0 Å². The van der Waals surface area contributed by atoms with Crippen LogP contribution < -0.4 is 34.7 Å². The molecule has 168 valence electrons. The second-order valence-corrected chi connectivity index (χ2v) is 9.87. The van der Waals surface area contributed by atoms with E-state index in [9.17, 15) is 27.9 Å². The average Bonchev–Trinajstić information content (AvgIpc) is 2.76. The Morgan fingerprint density at radius 1 is 1.18 bits per heavy atom. The summed E-state index contributed by atoms with van der Waals surface area (Å²) in [5, 5.41) is 10.4. The van der Waals surface area contributed by atoms with Gasteiger partial charge in [-0.1, -0.05) is 12.1 Å². The number of allylic oxidation sites excluding steroid dienone is 1. The Morgan fingerprint density at radius 2 is 1.88 bits per heavy atom. The number of likely N-dealkylation sites (N-methyl/N-ethyl adjacent to an activating group) is 1. The summed E-state index contributed by atoms with van der Waals surface area (Å²) in [7, 11) is -2.00. The first-order valence-electron chi connectivity index (χ1n) is 9.97. The molecule has 1 atom stereocenters. The van der Waals surface area contributed by atoms with E-state index in [4.69, 9.17) is 0 Å². The van der Waals surface area contributed by atoms with Gasteiger partial charge in [0.25, 0.3) is 5.91 Å². The van der Waals surface area contributed by atoms with Gasteiger partial charge in [0.1, 0.15) is 0 Å². The Hall–Kier alpha value is -2.31. The van der Waals surface area contributed by atoms with Crippen molar-refractivity contribution >= 4 is 33.7 Å². The largest absolute Gasteiger partial charge is 1.00 e. The number of aromatic nitrogens is 1. The van der Waals surface area contributed by atoms with Crippen LogP contribution in [0.1, 0.15) is 5.69 Å². The van der Waals surface area contributed by atoms with Gasteiger partial charge in [0.2, 0.25) is 5.91 Å². The van der Waals surface area contributed by atoms with Crippen LogP contribution in [0.4, 0.5) is 0 Å². The molecular formula is C21H21N4NaO6S. The quantitative estimate of drug-likeness (QED) is 0.239. The van der Waals surface area contributed by atoms with E-state index in [1.54, 1.807) is 23.1 Å². The van der Waals surface area contributed by atoms with Gasteiger partial charge in [-0.15, -0.1) is 0 Å². The zero-order valence-electron chi connectivity index (χ0n) is 18.3. The summed E-state index contributed by atoms with van der Waals surface area (Å²) in [6.45, 7) is 2.43.